The number of amides is 1. The van der Waals surface area contributed by atoms with Crippen LogP contribution in [-0.2, 0) is 11.2 Å². The van der Waals surface area contributed by atoms with Crippen molar-refractivity contribution in [2.75, 3.05) is 13.1 Å². The minimum Gasteiger partial charge on any atom is -0.342 e. The van der Waals surface area contributed by atoms with Crippen LogP contribution in [-0.4, -0.2) is 23.9 Å². The Morgan fingerprint density at radius 3 is 2.24 bits per heavy atom. The average Bonchev–Trinajstić information content (AvgIpc) is 2.61. The minimum absolute atomic E-state index is 0.245. The zero-order valence-corrected chi connectivity index (χ0v) is 10.7. The quantitative estimate of drug-likeness (QED) is 0.790. The van der Waals surface area contributed by atoms with Gasteiger partial charge in [-0.15, -0.1) is 0 Å². The minimum atomic E-state index is 0.245. The summed E-state index contributed by atoms with van der Waals surface area (Å²) < 4.78 is 0. The summed E-state index contributed by atoms with van der Waals surface area (Å²) in [6, 6.07) is 7.54. The first-order valence-corrected chi connectivity index (χ1v) is 6.66. The maximum absolute atomic E-state index is 12.1. The number of likely N-dealkylation sites (tertiary alicyclic amines) is 1. The predicted octanol–water partition coefficient (Wildman–Crippen LogP) is 3.29. The van der Waals surface area contributed by atoms with Crippen LogP contribution in [0.3, 0.4) is 0 Å². The highest BCUT2D eigenvalue weighted by molar-refractivity contribution is 6.30. The molecule has 0 N–H and O–H groups in total. The summed E-state index contributed by atoms with van der Waals surface area (Å²) in [5.41, 5.74) is 1.05. The molecule has 0 saturated carbocycles. The number of halogens is 1. The Kier molecular flexibility index (Phi) is 4.43. The molecule has 17 heavy (non-hydrogen) atoms. The van der Waals surface area contributed by atoms with Crippen LogP contribution >= 0.6 is 11.6 Å². The smallest absolute Gasteiger partial charge is 0.226 e. The molecule has 0 spiro atoms. The van der Waals surface area contributed by atoms with Gasteiger partial charge in [0.2, 0.25) is 5.91 Å². The Morgan fingerprint density at radius 2 is 1.65 bits per heavy atom. The fraction of sp³-hybridized carbons (Fsp3) is 0.500. The van der Waals surface area contributed by atoms with Gasteiger partial charge in [-0.1, -0.05) is 36.6 Å². The Morgan fingerprint density at radius 1 is 1.06 bits per heavy atom. The molecule has 1 fully saturated rings. The molecule has 92 valence electrons. The van der Waals surface area contributed by atoms with E-state index in [2.05, 4.69) is 0 Å². The predicted molar refractivity (Wildman–Crippen MR) is 70.2 cm³/mol. The van der Waals surface area contributed by atoms with Gasteiger partial charge in [-0.05, 0) is 30.5 Å². The van der Waals surface area contributed by atoms with Crippen molar-refractivity contribution >= 4 is 17.5 Å². The molecule has 0 radical (unpaired) electrons. The number of nitrogens with zero attached hydrogens (tertiary/aromatic N) is 1. The zero-order valence-electron chi connectivity index (χ0n) is 9.99. The maximum Gasteiger partial charge on any atom is 0.226 e. The van der Waals surface area contributed by atoms with E-state index in [-0.39, 0.29) is 5.91 Å². The molecule has 1 amide bonds. The van der Waals surface area contributed by atoms with Gasteiger partial charge in [-0.3, -0.25) is 4.79 Å². The molecule has 2 rings (SSSR count). The first kappa shape index (κ1) is 12.4. The largest absolute Gasteiger partial charge is 0.342 e. The Bertz CT molecular complexity index is 366. The first-order chi connectivity index (χ1) is 8.25. The summed E-state index contributed by atoms with van der Waals surface area (Å²) in [5, 5.41) is 0.718. The number of rotatable bonds is 2. The van der Waals surface area contributed by atoms with Crippen LogP contribution in [0.5, 0.6) is 0 Å². The highest BCUT2D eigenvalue weighted by atomic mass is 35.5. The molecule has 0 bridgehead atoms. The second-order valence-corrected chi connectivity index (χ2v) is 5.03. The average molecular weight is 252 g/mol. The number of hydrogen-bond donors (Lipinski definition) is 0. The van der Waals surface area contributed by atoms with Gasteiger partial charge in [0.05, 0.1) is 6.42 Å². The van der Waals surface area contributed by atoms with E-state index in [1.165, 1.54) is 12.8 Å². The van der Waals surface area contributed by atoms with Crippen LogP contribution in [0.25, 0.3) is 0 Å². The van der Waals surface area contributed by atoms with Crippen molar-refractivity contribution in [3.63, 3.8) is 0 Å². The van der Waals surface area contributed by atoms with E-state index in [4.69, 9.17) is 11.6 Å². The van der Waals surface area contributed by atoms with Crippen molar-refractivity contribution in [3.8, 4) is 0 Å². The molecule has 0 aliphatic carbocycles. The number of carbonyl (C=O) groups is 1. The van der Waals surface area contributed by atoms with Gasteiger partial charge in [-0.2, -0.15) is 0 Å². The number of carbonyl (C=O) groups excluding carboxylic acids is 1. The molecule has 1 aromatic rings. The van der Waals surface area contributed by atoms with Crippen molar-refractivity contribution < 1.29 is 4.79 Å². The molecule has 1 saturated heterocycles. The van der Waals surface area contributed by atoms with Crippen LogP contribution in [0.2, 0.25) is 5.02 Å². The molecule has 1 aliphatic rings. The normalized spacial score (nSPS) is 16.6. The van der Waals surface area contributed by atoms with E-state index < -0.39 is 0 Å². The van der Waals surface area contributed by atoms with Gasteiger partial charge in [0.25, 0.3) is 0 Å². The molecule has 0 unspecified atom stereocenters. The SMILES string of the molecule is O=C(Cc1ccc(Cl)cc1)N1CCCCCC1. The molecule has 2 nitrogen and oxygen atoms in total. The second-order valence-electron chi connectivity index (χ2n) is 4.60. The third-order valence-electron chi connectivity index (χ3n) is 3.23. The van der Waals surface area contributed by atoms with Gasteiger partial charge in [0.1, 0.15) is 0 Å². The maximum atomic E-state index is 12.1. The monoisotopic (exact) mass is 251 g/mol. The second kappa shape index (κ2) is 6.06. The zero-order chi connectivity index (χ0) is 12.1. The third-order valence-corrected chi connectivity index (χ3v) is 3.48. The Labute approximate surface area is 108 Å². The number of hydrogen-bond acceptors (Lipinski definition) is 1. The molecule has 1 heterocycles. The van der Waals surface area contributed by atoms with Gasteiger partial charge in [0.15, 0.2) is 0 Å². The first-order valence-electron chi connectivity index (χ1n) is 6.28. The molecular formula is C14H18ClNO. The van der Waals surface area contributed by atoms with Crippen molar-refractivity contribution in [3.05, 3.63) is 34.9 Å². The summed E-state index contributed by atoms with van der Waals surface area (Å²) >= 11 is 5.82. The van der Waals surface area contributed by atoms with Crippen molar-refractivity contribution in [1.29, 1.82) is 0 Å². The van der Waals surface area contributed by atoms with Crippen LogP contribution in [0.15, 0.2) is 24.3 Å². The summed E-state index contributed by atoms with van der Waals surface area (Å²) in [4.78, 5) is 14.1. The van der Waals surface area contributed by atoms with E-state index in [0.29, 0.717) is 6.42 Å². The van der Waals surface area contributed by atoms with Crippen LogP contribution in [0.1, 0.15) is 31.2 Å². The topological polar surface area (TPSA) is 20.3 Å². The van der Waals surface area contributed by atoms with Gasteiger partial charge < -0.3 is 4.90 Å². The van der Waals surface area contributed by atoms with Gasteiger partial charge >= 0.3 is 0 Å². The van der Waals surface area contributed by atoms with Crippen LogP contribution < -0.4 is 0 Å². The molecule has 3 heteroatoms. The summed E-state index contributed by atoms with van der Waals surface area (Å²) in [7, 11) is 0. The van der Waals surface area contributed by atoms with E-state index >= 15 is 0 Å². The van der Waals surface area contributed by atoms with Crippen LogP contribution in [0.4, 0.5) is 0 Å². The summed E-state index contributed by atoms with van der Waals surface area (Å²) in [6.07, 6.45) is 5.30. The molecule has 1 aliphatic heterocycles. The van der Waals surface area contributed by atoms with E-state index in [1.807, 2.05) is 29.2 Å². The van der Waals surface area contributed by atoms with Gasteiger partial charge in [0, 0.05) is 18.1 Å². The Balaban J connectivity index is 1.93. The molecule has 0 aromatic heterocycles. The van der Waals surface area contributed by atoms with Crippen molar-refractivity contribution in [2.45, 2.75) is 32.1 Å². The lowest BCUT2D eigenvalue weighted by Crippen LogP contribution is -2.33. The fourth-order valence-electron chi connectivity index (χ4n) is 2.21. The molecular weight excluding hydrogens is 234 g/mol. The molecule has 0 atom stereocenters. The molecule has 1 aromatic carbocycles. The fourth-order valence-corrected chi connectivity index (χ4v) is 2.33. The number of benzene rings is 1. The van der Waals surface area contributed by atoms with Crippen molar-refractivity contribution in [1.82, 2.24) is 4.90 Å². The van der Waals surface area contributed by atoms with E-state index in [1.54, 1.807) is 0 Å². The lowest BCUT2D eigenvalue weighted by molar-refractivity contribution is -0.130. The van der Waals surface area contributed by atoms with E-state index in [9.17, 15) is 4.79 Å². The summed E-state index contributed by atoms with van der Waals surface area (Å²) in [6.45, 7) is 1.85. The van der Waals surface area contributed by atoms with E-state index in [0.717, 1.165) is 36.5 Å². The lowest BCUT2D eigenvalue weighted by atomic mass is 10.1. The standard InChI is InChI=1S/C14H18ClNO/c15-13-7-5-12(6-8-13)11-14(17)16-9-3-1-2-4-10-16/h5-8H,1-4,9-11H2. The Hall–Kier alpha value is -1.02. The highest BCUT2D eigenvalue weighted by Crippen LogP contribution is 2.13. The van der Waals surface area contributed by atoms with Gasteiger partial charge in [-0.25, -0.2) is 0 Å². The third kappa shape index (κ3) is 3.74. The van der Waals surface area contributed by atoms with Crippen molar-refractivity contribution in [2.24, 2.45) is 0 Å². The highest BCUT2D eigenvalue weighted by Gasteiger charge is 2.15. The summed E-state index contributed by atoms with van der Waals surface area (Å²) in [5.74, 6) is 0.245. The van der Waals surface area contributed by atoms with Crippen LogP contribution in [0, 0.1) is 0 Å². The lowest BCUT2D eigenvalue weighted by Gasteiger charge is -2.20.